The molecule has 1 atom stereocenters. The zero-order chi connectivity index (χ0) is 29.0. The van der Waals surface area contributed by atoms with Crippen LogP contribution in [0.3, 0.4) is 0 Å². The normalized spacial score (nSPS) is 18.0. The third kappa shape index (κ3) is 5.00. The van der Waals surface area contributed by atoms with Gasteiger partial charge < -0.3 is 9.47 Å². The van der Waals surface area contributed by atoms with E-state index in [4.69, 9.17) is 14.5 Å². The van der Waals surface area contributed by atoms with E-state index >= 15 is 0 Å². The number of aromatic nitrogens is 2. The topological polar surface area (TPSA) is 64.6 Å². The third-order valence-electron chi connectivity index (χ3n) is 7.52. The van der Waals surface area contributed by atoms with Crippen LogP contribution in [0.4, 0.5) is 22.4 Å². The van der Waals surface area contributed by atoms with E-state index in [9.17, 15) is 22.4 Å². The third-order valence-corrected chi connectivity index (χ3v) is 8.09. The van der Waals surface area contributed by atoms with Gasteiger partial charge in [0.1, 0.15) is 11.6 Å². The number of nitrogens with zero attached hydrogens (tertiary/aromatic N) is 3. The van der Waals surface area contributed by atoms with Crippen LogP contribution in [-0.4, -0.2) is 39.9 Å². The van der Waals surface area contributed by atoms with Gasteiger partial charge >= 0.3 is 12.3 Å². The number of methoxy groups -OCH3 is 1. The van der Waals surface area contributed by atoms with Crippen molar-refractivity contribution in [1.29, 1.82) is 0 Å². The number of aryl methyl sites for hydroxylation is 1. The van der Waals surface area contributed by atoms with Gasteiger partial charge in [-0.2, -0.15) is 13.2 Å². The van der Waals surface area contributed by atoms with Crippen LogP contribution < -0.4 is 4.74 Å². The molecule has 2 heterocycles. The molecule has 0 bridgehead atoms. The average Bonchev–Trinajstić information content (AvgIpc) is 3.65. The van der Waals surface area contributed by atoms with Gasteiger partial charge in [-0.3, -0.25) is 4.90 Å². The van der Waals surface area contributed by atoms with Crippen molar-refractivity contribution in [2.45, 2.75) is 69.1 Å². The first-order valence-corrected chi connectivity index (χ1v) is 14.0. The molecule has 1 aliphatic carbocycles. The molecule has 212 valence electrons. The smallest absolute Gasteiger partial charge is 0.416 e. The minimum absolute atomic E-state index is 0.0379. The summed E-state index contributed by atoms with van der Waals surface area (Å²) in [6, 6.07) is 6.82. The molecule has 1 saturated carbocycles. The van der Waals surface area contributed by atoms with Crippen LogP contribution in [0.2, 0.25) is 0 Å². The fourth-order valence-electron chi connectivity index (χ4n) is 5.37. The molecule has 1 amide bonds. The highest BCUT2D eigenvalue weighted by Crippen LogP contribution is 2.58. The van der Waals surface area contributed by atoms with Gasteiger partial charge in [0.15, 0.2) is 11.3 Å². The van der Waals surface area contributed by atoms with E-state index in [1.807, 2.05) is 20.1 Å². The molecule has 2 aromatic carbocycles. The van der Waals surface area contributed by atoms with Gasteiger partial charge in [-0.25, -0.2) is 19.2 Å². The fourth-order valence-corrected chi connectivity index (χ4v) is 5.73. The summed E-state index contributed by atoms with van der Waals surface area (Å²) in [6.45, 7) is 5.40. The molecule has 2 fully saturated rings. The van der Waals surface area contributed by atoms with Crippen molar-refractivity contribution in [3.63, 3.8) is 0 Å². The highest BCUT2D eigenvalue weighted by molar-refractivity contribution is 7.98. The van der Waals surface area contributed by atoms with Crippen molar-refractivity contribution < 1.29 is 31.8 Å². The summed E-state index contributed by atoms with van der Waals surface area (Å²) in [6.07, 6.45) is -1.39. The molecular weight excluding hydrogens is 546 g/mol. The number of carbonyl (C=O) groups excluding carboxylic acids is 1. The Bertz CT molecular complexity index is 1470. The first-order valence-electron chi connectivity index (χ1n) is 12.8. The van der Waals surface area contributed by atoms with E-state index in [1.165, 1.54) is 24.9 Å². The molecule has 2 aliphatic rings. The van der Waals surface area contributed by atoms with Crippen molar-refractivity contribution in [3.05, 3.63) is 70.3 Å². The van der Waals surface area contributed by atoms with E-state index in [-0.39, 0.29) is 12.5 Å². The number of carbonyl (C=O) groups is 1. The zero-order valence-electron chi connectivity index (χ0n) is 22.7. The quantitative estimate of drug-likeness (QED) is 0.164. The predicted octanol–water partition coefficient (Wildman–Crippen LogP) is 7.69. The summed E-state index contributed by atoms with van der Waals surface area (Å²) < 4.78 is 66.7. The van der Waals surface area contributed by atoms with Gasteiger partial charge in [0, 0.05) is 23.4 Å². The van der Waals surface area contributed by atoms with Crippen LogP contribution in [0.5, 0.6) is 5.75 Å². The van der Waals surface area contributed by atoms with Crippen molar-refractivity contribution in [2.24, 2.45) is 0 Å². The summed E-state index contributed by atoms with van der Waals surface area (Å²) in [5, 5.41) is 0.478. The summed E-state index contributed by atoms with van der Waals surface area (Å²) in [7, 11) is 1.45. The molecule has 1 aliphatic heterocycles. The largest absolute Gasteiger partial charge is 0.496 e. The highest BCUT2D eigenvalue weighted by atomic mass is 32.2. The van der Waals surface area contributed by atoms with Gasteiger partial charge in [0.2, 0.25) is 0 Å². The lowest BCUT2D eigenvalue weighted by Crippen LogP contribution is -2.36. The number of cyclic esters (lactones) is 1. The number of thioether (sulfide) groups is 1. The first kappa shape index (κ1) is 28.2. The van der Waals surface area contributed by atoms with Gasteiger partial charge in [0.25, 0.3) is 0 Å². The van der Waals surface area contributed by atoms with Crippen molar-refractivity contribution in [1.82, 2.24) is 14.9 Å². The van der Waals surface area contributed by atoms with Gasteiger partial charge in [-0.1, -0.05) is 37.2 Å². The molecule has 1 unspecified atom stereocenters. The standard InChI is InChI=1S/C29H29F4N3O3S/c1-15(2)19-11-20(24(38-4)12-22(19)30)21-13-34-26(40-5)35-23(21)14-36-27(37)39-25(28(36)6-7-28)17-8-16(3)9-18(10-17)29(31,32)33/h8-13,15,25H,6-7,14H2,1-5H3. The lowest BCUT2D eigenvalue weighted by atomic mass is 9.94. The molecule has 0 N–H and O–H groups in total. The predicted molar refractivity (Wildman–Crippen MR) is 143 cm³/mol. The van der Waals surface area contributed by atoms with E-state index in [0.29, 0.717) is 57.3 Å². The monoisotopic (exact) mass is 575 g/mol. The molecular formula is C29H29F4N3O3S. The fraction of sp³-hybridized carbons (Fsp3) is 0.414. The molecule has 1 spiro atoms. The molecule has 11 heteroatoms. The Morgan fingerprint density at radius 3 is 2.50 bits per heavy atom. The van der Waals surface area contributed by atoms with E-state index < -0.39 is 35.3 Å². The zero-order valence-corrected chi connectivity index (χ0v) is 23.5. The number of alkyl halides is 3. The van der Waals surface area contributed by atoms with E-state index in [2.05, 4.69) is 4.98 Å². The van der Waals surface area contributed by atoms with Crippen molar-refractivity contribution in [3.8, 4) is 16.9 Å². The maximum Gasteiger partial charge on any atom is 0.416 e. The van der Waals surface area contributed by atoms with Crippen LogP contribution in [0.25, 0.3) is 11.1 Å². The molecule has 6 nitrogen and oxygen atoms in total. The second-order valence-electron chi connectivity index (χ2n) is 10.5. The Morgan fingerprint density at radius 1 is 1.18 bits per heavy atom. The summed E-state index contributed by atoms with van der Waals surface area (Å²) >= 11 is 1.33. The maximum atomic E-state index is 14.8. The number of benzene rings is 2. The Hall–Kier alpha value is -3.34. The minimum Gasteiger partial charge on any atom is -0.496 e. The van der Waals surface area contributed by atoms with Crippen LogP contribution in [-0.2, 0) is 17.5 Å². The molecule has 0 radical (unpaired) electrons. The maximum absolute atomic E-state index is 14.8. The number of rotatable bonds is 7. The van der Waals surface area contributed by atoms with Gasteiger partial charge in [0.05, 0.1) is 30.5 Å². The molecule has 40 heavy (non-hydrogen) atoms. The lowest BCUT2D eigenvalue weighted by molar-refractivity contribution is -0.137. The number of halogens is 4. The highest BCUT2D eigenvalue weighted by Gasteiger charge is 2.63. The summed E-state index contributed by atoms with van der Waals surface area (Å²) in [4.78, 5) is 23.9. The van der Waals surface area contributed by atoms with Crippen LogP contribution in [0, 0.1) is 12.7 Å². The SMILES string of the molecule is COc1cc(F)c(C(C)C)cc1-c1cnc(SC)nc1CN1C(=O)OC(c2cc(C)cc(C(F)(F)F)c2)C12CC2. The lowest BCUT2D eigenvalue weighted by Gasteiger charge is -2.26. The Morgan fingerprint density at radius 2 is 1.90 bits per heavy atom. The van der Waals surface area contributed by atoms with Crippen LogP contribution in [0.15, 0.2) is 41.7 Å². The molecule has 3 aromatic rings. The van der Waals surface area contributed by atoms with Crippen LogP contribution >= 0.6 is 11.8 Å². The van der Waals surface area contributed by atoms with Crippen molar-refractivity contribution >= 4 is 17.9 Å². The Kier molecular flexibility index (Phi) is 7.22. The van der Waals surface area contributed by atoms with Gasteiger partial charge in [-0.05, 0) is 61.3 Å². The number of ether oxygens (including phenoxy) is 2. The minimum atomic E-state index is -4.52. The van der Waals surface area contributed by atoms with E-state index in [1.54, 1.807) is 30.2 Å². The molecule has 5 rings (SSSR count). The number of amides is 1. The molecule has 1 aromatic heterocycles. The Labute approximate surface area is 234 Å². The average molecular weight is 576 g/mol. The van der Waals surface area contributed by atoms with Gasteiger partial charge in [-0.15, -0.1) is 0 Å². The Balaban J connectivity index is 1.56. The first-order chi connectivity index (χ1) is 18.9. The number of hydrogen-bond acceptors (Lipinski definition) is 6. The second-order valence-corrected chi connectivity index (χ2v) is 11.3. The van der Waals surface area contributed by atoms with E-state index in [0.717, 1.165) is 12.1 Å². The summed E-state index contributed by atoms with van der Waals surface area (Å²) in [5.41, 5.74) is 1.33. The second kappa shape index (κ2) is 10.2. The van der Waals surface area contributed by atoms with Crippen molar-refractivity contribution in [2.75, 3.05) is 13.4 Å². The summed E-state index contributed by atoms with van der Waals surface area (Å²) in [5.74, 6) is -0.191. The number of hydrogen-bond donors (Lipinski definition) is 0. The molecule has 1 saturated heterocycles. The van der Waals surface area contributed by atoms with Crippen LogP contribution in [0.1, 0.15) is 66.7 Å².